The van der Waals surface area contributed by atoms with Crippen LogP contribution in [0.15, 0.2) is 83.4 Å². The molecule has 3 N–H and O–H groups in total. The van der Waals surface area contributed by atoms with E-state index in [0.717, 1.165) is 10.4 Å². The number of thioether (sulfide) groups is 1. The highest BCUT2D eigenvalue weighted by Crippen LogP contribution is 2.37. The number of halogens is 2. The maximum Gasteiger partial charge on any atom is 0.410 e. The molecule has 262 valence electrons. The highest BCUT2D eigenvalue weighted by atomic mass is 35.5. The minimum atomic E-state index is -0.626. The fraction of sp³-hybridized carbons (Fsp3) is 0.216. The zero-order chi connectivity index (χ0) is 36.7. The van der Waals surface area contributed by atoms with Crippen LogP contribution in [0.5, 0.6) is 0 Å². The number of fused-ring (bicyclic) bond motifs is 1. The summed E-state index contributed by atoms with van der Waals surface area (Å²) < 4.78 is 5.50. The number of nitrogens with zero attached hydrogens (tertiary/aromatic N) is 2. The Morgan fingerprint density at radius 1 is 1.00 bits per heavy atom. The molecule has 4 aromatic rings. The van der Waals surface area contributed by atoms with Gasteiger partial charge in [0.15, 0.2) is 0 Å². The molecule has 0 atom stereocenters. The standard InChI is InChI=1S/C37H33Cl2N5O5S2/c1-37(2,3)49-36(48)44-16-15-25-27(19-40)35(51-31(25)20-44)43-32(45)21-50-24-12-7-11-23(17-24)41-34(47)30(18-26-28(38)13-8-14-29(26)39)42-33(46)22-9-5-4-6-10-22/h4-14,17-18H,15-16,20-21H2,1-3H3,(H,41,47)(H,42,46)(H,43,45)/b30-18+. The minimum Gasteiger partial charge on any atom is -0.444 e. The topological polar surface area (TPSA) is 141 Å². The van der Waals surface area contributed by atoms with Crippen LogP contribution in [0.4, 0.5) is 15.5 Å². The van der Waals surface area contributed by atoms with Crippen LogP contribution in [0.1, 0.15) is 52.7 Å². The molecular weight excluding hydrogens is 729 g/mol. The largest absolute Gasteiger partial charge is 0.444 e. The van der Waals surface area contributed by atoms with Crippen LogP contribution < -0.4 is 16.0 Å². The fourth-order valence-electron chi connectivity index (χ4n) is 5.00. The summed E-state index contributed by atoms with van der Waals surface area (Å²) in [4.78, 5) is 55.3. The number of nitrogens with one attached hydrogen (secondary N) is 3. The molecule has 51 heavy (non-hydrogen) atoms. The number of rotatable bonds is 9. The SMILES string of the molecule is CC(C)(C)OC(=O)N1CCc2c(sc(NC(=O)CSc3cccc(NC(=O)/C(=C\c4c(Cl)cccc4Cl)NC(=O)c4ccccc4)c3)c2C#N)C1. The summed E-state index contributed by atoms with van der Waals surface area (Å²) in [6, 6.07) is 22.5. The molecule has 0 fully saturated rings. The molecule has 0 bridgehead atoms. The zero-order valence-corrected chi connectivity index (χ0v) is 31.0. The number of carbonyl (C=O) groups excluding carboxylic acids is 4. The van der Waals surface area contributed by atoms with Crippen molar-refractivity contribution in [1.82, 2.24) is 10.2 Å². The van der Waals surface area contributed by atoms with Crippen LogP contribution in [0.2, 0.25) is 10.0 Å². The Hall–Kier alpha value is -4.80. The first-order valence-electron chi connectivity index (χ1n) is 15.7. The van der Waals surface area contributed by atoms with E-state index in [2.05, 4.69) is 22.0 Å². The van der Waals surface area contributed by atoms with E-state index in [1.165, 1.54) is 29.2 Å². The molecule has 10 nitrogen and oxygen atoms in total. The van der Waals surface area contributed by atoms with Crippen molar-refractivity contribution in [3.8, 4) is 6.07 Å². The Balaban J connectivity index is 1.25. The second-order valence-corrected chi connectivity index (χ2v) is 15.3. The Labute approximate surface area is 313 Å². The van der Waals surface area contributed by atoms with Crippen molar-refractivity contribution in [3.05, 3.63) is 116 Å². The lowest BCUT2D eigenvalue weighted by atomic mass is 10.0. The number of hydrogen-bond donors (Lipinski definition) is 3. The van der Waals surface area contributed by atoms with Gasteiger partial charge in [0.2, 0.25) is 5.91 Å². The van der Waals surface area contributed by atoms with Crippen LogP contribution in [-0.2, 0) is 27.3 Å². The average Bonchev–Trinajstić information content (AvgIpc) is 3.44. The molecule has 1 aliphatic rings. The van der Waals surface area contributed by atoms with Gasteiger partial charge in [0.05, 0.1) is 17.9 Å². The van der Waals surface area contributed by atoms with Gasteiger partial charge in [-0.3, -0.25) is 14.4 Å². The first-order chi connectivity index (χ1) is 24.3. The van der Waals surface area contributed by atoms with E-state index in [1.807, 2.05) is 0 Å². The molecule has 0 saturated carbocycles. The number of benzene rings is 3. The van der Waals surface area contributed by atoms with Gasteiger partial charge in [0.25, 0.3) is 11.8 Å². The van der Waals surface area contributed by atoms with Gasteiger partial charge < -0.3 is 25.6 Å². The molecule has 0 radical (unpaired) electrons. The van der Waals surface area contributed by atoms with Gasteiger partial charge in [0.1, 0.15) is 22.4 Å². The molecule has 0 aliphatic carbocycles. The summed E-state index contributed by atoms with van der Waals surface area (Å²) in [6.45, 7) is 6.12. The maximum absolute atomic E-state index is 13.5. The van der Waals surface area contributed by atoms with Gasteiger partial charge in [0, 0.05) is 43.2 Å². The summed E-state index contributed by atoms with van der Waals surface area (Å²) >= 11 is 15.2. The van der Waals surface area contributed by atoms with Crippen molar-refractivity contribution in [2.24, 2.45) is 0 Å². The van der Waals surface area contributed by atoms with E-state index in [0.29, 0.717) is 61.8 Å². The van der Waals surface area contributed by atoms with Crippen LogP contribution in [0, 0.1) is 11.3 Å². The number of carbonyl (C=O) groups is 4. The smallest absolute Gasteiger partial charge is 0.410 e. The Morgan fingerprint density at radius 2 is 1.71 bits per heavy atom. The predicted octanol–water partition coefficient (Wildman–Crippen LogP) is 8.36. The van der Waals surface area contributed by atoms with Crippen molar-refractivity contribution in [1.29, 1.82) is 5.26 Å². The molecule has 1 aliphatic heterocycles. The summed E-state index contributed by atoms with van der Waals surface area (Å²) in [6.07, 6.45) is 1.47. The maximum atomic E-state index is 13.5. The Morgan fingerprint density at radius 3 is 2.39 bits per heavy atom. The van der Waals surface area contributed by atoms with Gasteiger partial charge in [-0.15, -0.1) is 23.1 Å². The number of hydrogen-bond acceptors (Lipinski definition) is 8. The number of ether oxygens (including phenoxy) is 1. The first kappa shape index (κ1) is 37.5. The Bertz CT molecular complexity index is 2030. The van der Waals surface area contributed by atoms with Gasteiger partial charge in [-0.1, -0.05) is 53.5 Å². The fourth-order valence-corrected chi connectivity index (χ4v) is 7.49. The first-order valence-corrected chi connectivity index (χ1v) is 18.3. The van der Waals surface area contributed by atoms with Gasteiger partial charge >= 0.3 is 6.09 Å². The van der Waals surface area contributed by atoms with Crippen LogP contribution >= 0.6 is 46.3 Å². The van der Waals surface area contributed by atoms with Crippen molar-refractivity contribution in [2.75, 3.05) is 22.9 Å². The Kier molecular flexibility index (Phi) is 12.1. The lowest BCUT2D eigenvalue weighted by Crippen LogP contribution is -2.39. The quantitative estimate of drug-likeness (QED) is 0.115. The second-order valence-electron chi connectivity index (χ2n) is 12.3. The molecule has 0 unspecified atom stereocenters. The van der Waals surface area contributed by atoms with Gasteiger partial charge in [-0.05, 0) is 81.3 Å². The molecule has 4 amide bonds. The molecule has 0 saturated heterocycles. The number of anilines is 2. The second kappa shape index (κ2) is 16.5. The molecule has 3 aromatic carbocycles. The molecule has 5 rings (SSSR count). The average molecular weight is 763 g/mol. The van der Waals surface area contributed by atoms with Crippen molar-refractivity contribution in [2.45, 2.75) is 44.2 Å². The molecule has 14 heteroatoms. The van der Waals surface area contributed by atoms with E-state index in [4.69, 9.17) is 27.9 Å². The van der Waals surface area contributed by atoms with Crippen molar-refractivity contribution < 1.29 is 23.9 Å². The van der Waals surface area contributed by atoms with E-state index < -0.39 is 23.5 Å². The van der Waals surface area contributed by atoms with E-state index >= 15 is 0 Å². The minimum absolute atomic E-state index is 0.0260. The molecular formula is C37H33Cl2N5O5S2. The highest BCUT2D eigenvalue weighted by molar-refractivity contribution is 8.00. The van der Waals surface area contributed by atoms with Crippen molar-refractivity contribution >= 4 is 86.9 Å². The monoisotopic (exact) mass is 761 g/mol. The van der Waals surface area contributed by atoms with E-state index in [9.17, 15) is 24.4 Å². The summed E-state index contributed by atoms with van der Waals surface area (Å²) in [5.74, 6) is -1.41. The summed E-state index contributed by atoms with van der Waals surface area (Å²) in [5.41, 5.74) is 1.66. The number of thiophene rings is 1. The van der Waals surface area contributed by atoms with Crippen LogP contribution in [0.25, 0.3) is 6.08 Å². The lowest BCUT2D eigenvalue weighted by Gasteiger charge is -2.29. The number of nitriles is 1. The van der Waals surface area contributed by atoms with Crippen LogP contribution in [0.3, 0.4) is 0 Å². The third-order valence-electron chi connectivity index (χ3n) is 7.35. The van der Waals surface area contributed by atoms with E-state index in [1.54, 1.807) is 98.5 Å². The van der Waals surface area contributed by atoms with Crippen molar-refractivity contribution in [3.63, 3.8) is 0 Å². The zero-order valence-electron chi connectivity index (χ0n) is 27.8. The normalized spacial score (nSPS) is 12.7. The van der Waals surface area contributed by atoms with Crippen LogP contribution in [-0.4, -0.2) is 46.6 Å². The lowest BCUT2D eigenvalue weighted by molar-refractivity contribution is -0.114. The molecule has 0 spiro atoms. The third kappa shape index (κ3) is 9.92. The van der Waals surface area contributed by atoms with Gasteiger partial charge in [-0.2, -0.15) is 5.26 Å². The number of amides is 4. The molecule has 2 heterocycles. The predicted molar refractivity (Wildman–Crippen MR) is 202 cm³/mol. The van der Waals surface area contributed by atoms with Gasteiger partial charge in [-0.25, -0.2) is 4.79 Å². The summed E-state index contributed by atoms with van der Waals surface area (Å²) in [7, 11) is 0. The van der Waals surface area contributed by atoms with E-state index in [-0.39, 0.29) is 17.4 Å². The summed E-state index contributed by atoms with van der Waals surface area (Å²) in [5, 5.41) is 19.2. The molecule has 1 aromatic heterocycles. The third-order valence-corrected chi connectivity index (χ3v) is 10.1. The highest BCUT2D eigenvalue weighted by Gasteiger charge is 2.30.